The summed E-state index contributed by atoms with van der Waals surface area (Å²) in [4.78, 5) is 0. The molecule has 0 aliphatic carbocycles. The molecule has 4 rings (SSSR count). The second kappa shape index (κ2) is 5.66. The van der Waals surface area contributed by atoms with Crippen molar-refractivity contribution < 1.29 is 4.74 Å². The molecule has 126 valence electrons. The van der Waals surface area contributed by atoms with Crippen LogP contribution in [-0.4, -0.2) is 11.7 Å². The third kappa shape index (κ3) is 2.49. The van der Waals surface area contributed by atoms with Crippen LogP contribution in [0.2, 0.25) is 0 Å². The van der Waals surface area contributed by atoms with Gasteiger partial charge in [-0.25, -0.2) is 0 Å². The highest BCUT2D eigenvalue weighted by atomic mass is 16.5. The molecular weight excluding hydrogens is 306 g/mol. The second-order valence-corrected chi connectivity index (χ2v) is 7.51. The summed E-state index contributed by atoms with van der Waals surface area (Å²) in [5.41, 5.74) is 4.87. The van der Waals surface area contributed by atoms with E-state index in [0.717, 1.165) is 11.4 Å². The Morgan fingerprint density at radius 2 is 1.32 bits per heavy atom. The van der Waals surface area contributed by atoms with Crippen LogP contribution in [0.15, 0.2) is 66.7 Å². The van der Waals surface area contributed by atoms with Gasteiger partial charge in [0.2, 0.25) is 0 Å². The molecule has 0 aliphatic heterocycles. The summed E-state index contributed by atoms with van der Waals surface area (Å²) < 4.78 is 8.03. The Kier molecular flexibility index (Phi) is 3.57. The summed E-state index contributed by atoms with van der Waals surface area (Å²) in [5.74, 6) is 0.888. The van der Waals surface area contributed by atoms with Gasteiger partial charge in [0.25, 0.3) is 0 Å². The molecule has 0 N–H and O–H groups in total. The van der Waals surface area contributed by atoms with E-state index in [1.807, 2.05) is 0 Å². The number of nitrogens with zero attached hydrogens (tertiary/aromatic N) is 1. The summed E-state index contributed by atoms with van der Waals surface area (Å²) in [6, 6.07) is 23.6. The Morgan fingerprint density at radius 3 is 1.84 bits per heavy atom. The largest absolute Gasteiger partial charge is 0.495 e. The van der Waals surface area contributed by atoms with Gasteiger partial charge in [-0.05, 0) is 35.2 Å². The van der Waals surface area contributed by atoms with Crippen LogP contribution in [0.1, 0.15) is 26.3 Å². The predicted octanol–water partition coefficient (Wildman–Crippen LogP) is 6.09. The van der Waals surface area contributed by atoms with Crippen LogP contribution < -0.4 is 4.74 Å². The minimum absolute atomic E-state index is 0.0831. The summed E-state index contributed by atoms with van der Waals surface area (Å²) in [5, 5.41) is 2.53. The number of rotatable bonds is 2. The number of fused-ring (bicyclic) bond motifs is 3. The first-order valence-corrected chi connectivity index (χ1v) is 8.68. The molecule has 1 heterocycles. The average molecular weight is 329 g/mol. The first kappa shape index (κ1) is 15.8. The van der Waals surface area contributed by atoms with Crippen molar-refractivity contribution in [2.75, 3.05) is 7.11 Å². The Labute approximate surface area is 148 Å². The molecule has 2 heteroatoms. The van der Waals surface area contributed by atoms with Crippen molar-refractivity contribution in [3.63, 3.8) is 0 Å². The highest BCUT2D eigenvalue weighted by Gasteiger charge is 2.19. The van der Waals surface area contributed by atoms with Crippen LogP contribution in [0.25, 0.3) is 27.5 Å². The molecule has 0 bridgehead atoms. The van der Waals surface area contributed by atoms with E-state index in [9.17, 15) is 0 Å². The van der Waals surface area contributed by atoms with Gasteiger partial charge in [-0.15, -0.1) is 0 Å². The minimum atomic E-state index is 0.0831. The monoisotopic (exact) mass is 329 g/mol. The molecule has 2 nitrogen and oxygen atoms in total. The molecule has 0 saturated carbocycles. The molecule has 0 amide bonds. The maximum Gasteiger partial charge on any atom is 0.142 e. The Balaban J connectivity index is 2.14. The predicted molar refractivity (Wildman–Crippen MR) is 106 cm³/mol. The average Bonchev–Trinajstić information content (AvgIpc) is 2.95. The summed E-state index contributed by atoms with van der Waals surface area (Å²) in [7, 11) is 1.74. The molecule has 0 atom stereocenters. The molecule has 0 aliphatic rings. The topological polar surface area (TPSA) is 14.2 Å². The van der Waals surface area contributed by atoms with Gasteiger partial charge in [-0.2, -0.15) is 0 Å². The van der Waals surface area contributed by atoms with E-state index in [2.05, 4.69) is 92.1 Å². The lowest BCUT2D eigenvalue weighted by molar-refractivity contribution is 0.413. The molecule has 4 aromatic rings. The first-order valence-electron chi connectivity index (χ1n) is 8.68. The standard InChI is InChI=1S/C23H23NO/c1-23(2,3)16-13-14-22(25-4)21(15-16)24-19-11-7-5-9-17(19)18-10-6-8-12-20(18)24/h5-15H,1-4H3. The fourth-order valence-corrected chi connectivity index (χ4v) is 3.51. The maximum atomic E-state index is 5.71. The third-order valence-electron chi connectivity index (χ3n) is 4.87. The van der Waals surface area contributed by atoms with E-state index < -0.39 is 0 Å². The van der Waals surface area contributed by atoms with E-state index in [0.29, 0.717) is 0 Å². The van der Waals surface area contributed by atoms with Gasteiger partial charge in [0.15, 0.2) is 0 Å². The van der Waals surface area contributed by atoms with Gasteiger partial charge in [-0.1, -0.05) is 63.2 Å². The number of methoxy groups -OCH3 is 1. The van der Waals surface area contributed by atoms with Crippen LogP contribution in [0.5, 0.6) is 5.75 Å². The lowest BCUT2D eigenvalue weighted by Gasteiger charge is -2.22. The van der Waals surface area contributed by atoms with Crippen molar-refractivity contribution >= 4 is 21.8 Å². The maximum absolute atomic E-state index is 5.71. The number of ether oxygens (including phenoxy) is 1. The van der Waals surface area contributed by atoms with Crippen LogP contribution in [0.4, 0.5) is 0 Å². The van der Waals surface area contributed by atoms with Crippen LogP contribution >= 0.6 is 0 Å². The molecule has 0 radical (unpaired) electrons. The smallest absolute Gasteiger partial charge is 0.142 e. The number of hydrogen-bond donors (Lipinski definition) is 0. The van der Waals surface area contributed by atoms with Crippen LogP contribution in [0.3, 0.4) is 0 Å². The van der Waals surface area contributed by atoms with E-state index in [1.165, 1.54) is 27.4 Å². The summed E-state index contributed by atoms with van der Waals surface area (Å²) in [6.45, 7) is 6.72. The van der Waals surface area contributed by atoms with Crippen molar-refractivity contribution in [1.82, 2.24) is 4.57 Å². The van der Waals surface area contributed by atoms with Crippen molar-refractivity contribution in [3.05, 3.63) is 72.3 Å². The molecular formula is C23H23NO. The Bertz CT molecular complexity index is 1010. The van der Waals surface area contributed by atoms with Gasteiger partial charge in [0.05, 0.1) is 23.8 Å². The summed E-state index contributed by atoms with van der Waals surface area (Å²) in [6.07, 6.45) is 0. The van der Waals surface area contributed by atoms with Gasteiger partial charge in [0, 0.05) is 10.8 Å². The van der Waals surface area contributed by atoms with Gasteiger partial charge >= 0.3 is 0 Å². The number of benzene rings is 3. The zero-order valence-electron chi connectivity index (χ0n) is 15.2. The van der Waals surface area contributed by atoms with E-state index in [1.54, 1.807) is 7.11 Å². The Hall–Kier alpha value is -2.74. The third-order valence-corrected chi connectivity index (χ3v) is 4.87. The van der Waals surface area contributed by atoms with Crippen molar-refractivity contribution in [1.29, 1.82) is 0 Å². The molecule has 3 aromatic carbocycles. The first-order chi connectivity index (χ1) is 12.0. The number of para-hydroxylation sites is 2. The summed E-state index contributed by atoms with van der Waals surface area (Å²) >= 11 is 0. The van der Waals surface area contributed by atoms with Crippen molar-refractivity contribution in [2.24, 2.45) is 0 Å². The fourth-order valence-electron chi connectivity index (χ4n) is 3.51. The van der Waals surface area contributed by atoms with Crippen molar-refractivity contribution in [2.45, 2.75) is 26.2 Å². The van der Waals surface area contributed by atoms with Gasteiger partial charge < -0.3 is 9.30 Å². The van der Waals surface area contributed by atoms with E-state index in [4.69, 9.17) is 4.74 Å². The number of aromatic nitrogens is 1. The van der Waals surface area contributed by atoms with E-state index >= 15 is 0 Å². The normalized spacial score (nSPS) is 12.0. The van der Waals surface area contributed by atoms with Gasteiger partial charge in [-0.3, -0.25) is 0 Å². The van der Waals surface area contributed by atoms with E-state index in [-0.39, 0.29) is 5.41 Å². The Morgan fingerprint density at radius 1 is 0.760 bits per heavy atom. The number of hydrogen-bond acceptors (Lipinski definition) is 1. The van der Waals surface area contributed by atoms with Crippen molar-refractivity contribution in [3.8, 4) is 11.4 Å². The molecule has 25 heavy (non-hydrogen) atoms. The minimum Gasteiger partial charge on any atom is -0.495 e. The second-order valence-electron chi connectivity index (χ2n) is 7.51. The zero-order valence-corrected chi connectivity index (χ0v) is 15.2. The lowest BCUT2D eigenvalue weighted by Crippen LogP contribution is -2.12. The zero-order chi connectivity index (χ0) is 17.6. The highest BCUT2D eigenvalue weighted by Crippen LogP contribution is 2.37. The molecule has 0 saturated heterocycles. The molecule has 0 spiro atoms. The molecule has 0 unspecified atom stereocenters. The van der Waals surface area contributed by atoms with Crippen LogP contribution in [0, 0.1) is 0 Å². The van der Waals surface area contributed by atoms with Gasteiger partial charge in [0.1, 0.15) is 5.75 Å². The van der Waals surface area contributed by atoms with Crippen LogP contribution in [-0.2, 0) is 5.41 Å². The fraction of sp³-hybridized carbons (Fsp3) is 0.217. The highest BCUT2D eigenvalue weighted by molar-refractivity contribution is 6.09. The molecule has 1 aromatic heterocycles. The lowest BCUT2D eigenvalue weighted by atomic mass is 9.86. The molecule has 0 fully saturated rings. The SMILES string of the molecule is COc1ccc(C(C)(C)C)cc1-n1c2ccccc2c2ccccc21. The quantitative estimate of drug-likeness (QED) is 0.434.